The number of carbonyl (C=O) groups is 1. The van der Waals surface area contributed by atoms with Crippen molar-refractivity contribution in [2.45, 2.75) is 32.2 Å². The van der Waals surface area contributed by atoms with E-state index in [1.165, 1.54) is 5.56 Å². The molecule has 4 N–H and O–H groups in total. The molecule has 94 valence electrons. The fourth-order valence-corrected chi connectivity index (χ4v) is 1.32. The minimum Gasteiger partial charge on any atom is -0.491 e. The molecule has 0 radical (unpaired) electrons. The van der Waals surface area contributed by atoms with Gasteiger partial charge in [0.05, 0.1) is 0 Å². The van der Waals surface area contributed by atoms with Crippen molar-refractivity contribution < 1.29 is 9.53 Å². The highest BCUT2D eigenvalue weighted by Gasteiger charge is 2.13. The Morgan fingerprint density at radius 3 is 2.24 bits per heavy atom. The average molecular weight is 236 g/mol. The van der Waals surface area contributed by atoms with Crippen LogP contribution in [0.1, 0.15) is 26.3 Å². The standard InChI is InChI=1S/C13H20N2O2/c1-13(2,3)9-4-6-10(7-5-9)17-8-11(14)12(15)16/h4-7,11H,8,14H2,1-3H3,(H2,15,16). The Labute approximate surface area is 102 Å². The van der Waals surface area contributed by atoms with Gasteiger partial charge in [0, 0.05) is 0 Å². The van der Waals surface area contributed by atoms with Crippen LogP contribution in [0.25, 0.3) is 0 Å². The summed E-state index contributed by atoms with van der Waals surface area (Å²) in [6.45, 7) is 6.54. The van der Waals surface area contributed by atoms with Crippen LogP contribution in [0.4, 0.5) is 0 Å². The van der Waals surface area contributed by atoms with Crippen LogP contribution < -0.4 is 16.2 Å². The number of carbonyl (C=O) groups excluding carboxylic acids is 1. The van der Waals surface area contributed by atoms with E-state index in [-0.39, 0.29) is 12.0 Å². The molecular formula is C13H20N2O2. The quantitative estimate of drug-likeness (QED) is 0.823. The molecule has 4 heteroatoms. The summed E-state index contributed by atoms with van der Waals surface area (Å²) in [7, 11) is 0. The molecule has 0 aliphatic heterocycles. The molecule has 0 bridgehead atoms. The van der Waals surface area contributed by atoms with Gasteiger partial charge in [0.1, 0.15) is 18.4 Å². The fraction of sp³-hybridized carbons (Fsp3) is 0.462. The Hall–Kier alpha value is -1.55. The highest BCUT2D eigenvalue weighted by atomic mass is 16.5. The van der Waals surface area contributed by atoms with Gasteiger partial charge < -0.3 is 16.2 Å². The van der Waals surface area contributed by atoms with Gasteiger partial charge in [-0.3, -0.25) is 4.79 Å². The zero-order valence-electron chi connectivity index (χ0n) is 10.6. The normalized spacial score (nSPS) is 13.2. The third-order valence-corrected chi connectivity index (χ3v) is 2.52. The lowest BCUT2D eigenvalue weighted by Crippen LogP contribution is -2.41. The molecule has 0 aromatic heterocycles. The molecule has 0 fully saturated rings. The maximum Gasteiger partial charge on any atom is 0.237 e. The molecule has 1 unspecified atom stereocenters. The number of ether oxygens (including phenoxy) is 1. The molecule has 1 amide bonds. The summed E-state index contributed by atoms with van der Waals surface area (Å²) in [6, 6.07) is 6.98. The predicted molar refractivity (Wildman–Crippen MR) is 67.8 cm³/mol. The molecule has 4 nitrogen and oxygen atoms in total. The minimum atomic E-state index is -0.766. The third-order valence-electron chi connectivity index (χ3n) is 2.52. The first-order valence-corrected chi connectivity index (χ1v) is 5.59. The second-order valence-electron chi connectivity index (χ2n) is 5.09. The van der Waals surface area contributed by atoms with Crippen molar-refractivity contribution in [3.8, 4) is 5.75 Å². The molecule has 0 heterocycles. The van der Waals surface area contributed by atoms with Gasteiger partial charge in [0.25, 0.3) is 0 Å². The van der Waals surface area contributed by atoms with Crippen LogP contribution in [-0.4, -0.2) is 18.6 Å². The zero-order chi connectivity index (χ0) is 13.1. The molecule has 0 spiro atoms. The minimum absolute atomic E-state index is 0.101. The molecule has 0 aliphatic carbocycles. The van der Waals surface area contributed by atoms with E-state index in [4.69, 9.17) is 16.2 Å². The van der Waals surface area contributed by atoms with Crippen LogP contribution in [0, 0.1) is 0 Å². The van der Waals surface area contributed by atoms with Crippen molar-refractivity contribution in [2.75, 3.05) is 6.61 Å². The molecule has 1 aromatic carbocycles. The predicted octanol–water partition coefficient (Wildman–Crippen LogP) is 1.18. The highest BCUT2D eigenvalue weighted by Crippen LogP contribution is 2.24. The van der Waals surface area contributed by atoms with Gasteiger partial charge in [-0.1, -0.05) is 32.9 Å². The Balaban J connectivity index is 2.60. The lowest BCUT2D eigenvalue weighted by atomic mass is 9.87. The first-order chi connectivity index (χ1) is 7.80. The van der Waals surface area contributed by atoms with Crippen molar-refractivity contribution in [1.82, 2.24) is 0 Å². The Morgan fingerprint density at radius 2 is 1.82 bits per heavy atom. The topological polar surface area (TPSA) is 78.3 Å². The Bertz CT molecular complexity index is 379. The van der Waals surface area contributed by atoms with E-state index in [1.54, 1.807) is 0 Å². The summed E-state index contributed by atoms with van der Waals surface area (Å²) in [5.74, 6) is 0.131. The molecule has 1 rings (SSSR count). The smallest absolute Gasteiger partial charge is 0.237 e. The molecule has 1 aromatic rings. The van der Waals surface area contributed by atoms with Crippen molar-refractivity contribution in [1.29, 1.82) is 0 Å². The van der Waals surface area contributed by atoms with E-state index >= 15 is 0 Å². The third kappa shape index (κ3) is 4.07. The number of hydrogen-bond acceptors (Lipinski definition) is 3. The summed E-state index contributed by atoms with van der Waals surface area (Å²) in [5, 5.41) is 0. The van der Waals surface area contributed by atoms with Crippen molar-refractivity contribution in [2.24, 2.45) is 11.5 Å². The highest BCUT2D eigenvalue weighted by molar-refractivity contribution is 5.79. The Kier molecular flexibility index (Phi) is 4.12. The molecule has 1 atom stereocenters. The van der Waals surface area contributed by atoms with E-state index in [0.29, 0.717) is 5.75 Å². The van der Waals surface area contributed by atoms with Crippen LogP contribution >= 0.6 is 0 Å². The van der Waals surface area contributed by atoms with E-state index in [2.05, 4.69) is 20.8 Å². The van der Waals surface area contributed by atoms with E-state index in [1.807, 2.05) is 24.3 Å². The summed E-state index contributed by atoms with van der Waals surface area (Å²) in [4.78, 5) is 10.7. The van der Waals surface area contributed by atoms with Crippen LogP contribution in [0.15, 0.2) is 24.3 Å². The van der Waals surface area contributed by atoms with Gasteiger partial charge in [-0.15, -0.1) is 0 Å². The SMILES string of the molecule is CC(C)(C)c1ccc(OCC(N)C(N)=O)cc1. The summed E-state index contributed by atoms with van der Waals surface area (Å²) < 4.78 is 5.37. The van der Waals surface area contributed by atoms with Crippen LogP contribution in [0.3, 0.4) is 0 Å². The van der Waals surface area contributed by atoms with Gasteiger partial charge in [-0.25, -0.2) is 0 Å². The number of hydrogen-bond donors (Lipinski definition) is 2. The summed E-state index contributed by atoms with van der Waals surface area (Å²) in [5.41, 5.74) is 11.8. The van der Waals surface area contributed by atoms with E-state index in [0.717, 1.165) is 0 Å². The Morgan fingerprint density at radius 1 is 1.29 bits per heavy atom. The van der Waals surface area contributed by atoms with E-state index in [9.17, 15) is 4.79 Å². The van der Waals surface area contributed by atoms with E-state index < -0.39 is 11.9 Å². The second-order valence-corrected chi connectivity index (χ2v) is 5.09. The van der Waals surface area contributed by atoms with Crippen LogP contribution in [0.5, 0.6) is 5.75 Å². The van der Waals surface area contributed by atoms with Gasteiger partial charge in [-0.2, -0.15) is 0 Å². The van der Waals surface area contributed by atoms with Crippen molar-refractivity contribution in [3.63, 3.8) is 0 Å². The lowest BCUT2D eigenvalue weighted by Gasteiger charge is -2.19. The molecule has 17 heavy (non-hydrogen) atoms. The maximum absolute atomic E-state index is 10.7. The number of primary amides is 1. The maximum atomic E-state index is 10.7. The molecule has 0 saturated carbocycles. The van der Waals surface area contributed by atoms with Gasteiger partial charge >= 0.3 is 0 Å². The molecule has 0 saturated heterocycles. The first-order valence-electron chi connectivity index (χ1n) is 5.59. The van der Waals surface area contributed by atoms with Crippen molar-refractivity contribution >= 4 is 5.91 Å². The summed E-state index contributed by atoms with van der Waals surface area (Å²) >= 11 is 0. The summed E-state index contributed by atoms with van der Waals surface area (Å²) in [6.07, 6.45) is 0. The van der Waals surface area contributed by atoms with Crippen molar-refractivity contribution in [3.05, 3.63) is 29.8 Å². The number of nitrogens with two attached hydrogens (primary N) is 2. The first kappa shape index (κ1) is 13.5. The fourth-order valence-electron chi connectivity index (χ4n) is 1.32. The molecule has 0 aliphatic rings. The molecular weight excluding hydrogens is 216 g/mol. The largest absolute Gasteiger partial charge is 0.491 e. The zero-order valence-corrected chi connectivity index (χ0v) is 10.6. The number of amides is 1. The van der Waals surface area contributed by atoms with Gasteiger partial charge in [0.15, 0.2) is 0 Å². The van der Waals surface area contributed by atoms with Crippen LogP contribution in [-0.2, 0) is 10.2 Å². The average Bonchev–Trinajstić information content (AvgIpc) is 2.25. The number of benzene rings is 1. The monoisotopic (exact) mass is 236 g/mol. The van der Waals surface area contributed by atoms with Gasteiger partial charge in [0.2, 0.25) is 5.91 Å². The lowest BCUT2D eigenvalue weighted by molar-refractivity contribution is -0.119. The van der Waals surface area contributed by atoms with Crippen LogP contribution in [0.2, 0.25) is 0 Å². The second kappa shape index (κ2) is 5.19. The number of rotatable bonds is 4. The van der Waals surface area contributed by atoms with Gasteiger partial charge in [-0.05, 0) is 23.1 Å².